The molecule has 0 aromatic heterocycles. The van der Waals surface area contributed by atoms with E-state index in [9.17, 15) is 0 Å². The molecule has 4 nitrogen and oxygen atoms in total. The number of anilines is 2. The summed E-state index contributed by atoms with van der Waals surface area (Å²) in [5.74, 6) is 0.757. The van der Waals surface area contributed by atoms with Crippen LogP contribution in [0, 0.1) is 0 Å². The number of rotatable bonds is 2. The average molecular weight is 374 g/mol. The minimum atomic E-state index is -0.0713. The molecule has 0 atom stereocenters. The van der Waals surface area contributed by atoms with Crippen LogP contribution < -0.4 is 15.4 Å². The maximum atomic E-state index is 9.00. The summed E-state index contributed by atoms with van der Waals surface area (Å²) < 4.78 is 6.65. The number of fused-ring (bicyclic) bond motifs is 1. The summed E-state index contributed by atoms with van der Waals surface area (Å²) in [6.07, 6.45) is 0. The van der Waals surface area contributed by atoms with E-state index in [1.807, 2.05) is 18.2 Å². The van der Waals surface area contributed by atoms with Gasteiger partial charge in [0.1, 0.15) is 0 Å². The van der Waals surface area contributed by atoms with E-state index in [0.29, 0.717) is 6.61 Å². The summed E-state index contributed by atoms with van der Waals surface area (Å²) >= 11 is 1.36. The molecule has 2 rings (SSSR count). The second-order valence-electron chi connectivity index (χ2n) is 3.12. The fourth-order valence-electron chi connectivity index (χ4n) is 1.33. The van der Waals surface area contributed by atoms with E-state index in [-0.39, 0.29) is 5.88 Å². The molecule has 0 radical (unpaired) electrons. The van der Waals surface area contributed by atoms with E-state index >= 15 is 0 Å². The number of ether oxygens (including phenoxy) is 1. The maximum absolute atomic E-state index is 9.00. The van der Waals surface area contributed by atoms with Crippen molar-refractivity contribution in [3.8, 4) is 5.75 Å². The van der Waals surface area contributed by atoms with Gasteiger partial charge in [0.25, 0.3) is 0 Å². The first-order valence-electron chi connectivity index (χ1n) is 4.37. The Hall–Kier alpha value is -1.28. The first kappa shape index (κ1) is 10.2. The molecule has 0 fully saturated rings. The summed E-state index contributed by atoms with van der Waals surface area (Å²) in [6, 6.07) is 5.56. The zero-order valence-corrected chi connectivity index (χ0v) is 10.8. The molecule has 78 valence electrons. The monoisotopic (exact) mass is 374 g/mol. The molecule has 1 aromatic rings. The summed E-state index contributed by atoms with van der Waals surface area (Å²) in [6.45, 7) is 4.00. The van der Waals surface area contributed by atoms with Crippen LogP contribution in [0.25, 0.3) is 0 Å². The number of aliphatic hydroxyl groups is 1. The molecular formula is C10H10N2O2W. The number of nitrogens with one attached hydrogen (secondary N) is 2. The van der Waals surface area contributed by atoms with Gasteiger partial charge in [0.15, 0.2) is 0 Å². The topological polar surface area (TPSA) is 53.5 Å². The summed E-state index contributed by atoms with van der Waals surface area (Å²) in [7, 11) is 0. The normalized spacial score (nSPS) is 13.5. The van der Waals surface area contributed by atoms with E-state index in [1.165, 1.54) is 19.4 Å². The Balaban J connectivity index is 2.28. The van der Waals surface area contributed by atoms with Gasteiger partial charge in [-0.2, -0.15) is 0 Å². The van der Waals surface area contributed by atoms with Gasteiger partial charge >= 0.3 is 98.2 Å². The van der Waals surface area contributed by atoms with Crippen LogP contribution in [0.5, 0.6) is 5.75 Å². The predicted molar refractivity (Wildman–Crippen MR) is 56.0 cm³/mol. The van der Waals surface area contributed by atoms with Gasteiger partial charge in [-0.15, -0.1) is 0 Å². The number of hydrogen-bond donors (Lipinski definition) is 3. The van der Waals surface area contributed by atoms with Crippen LogP contribution in [-0.2, 0) is 19.4 Å². The van der Waals surface area contributed by atoms with Gasteiger partial charge in [-0.1, -0.05) is 0 Å². The second-order valence-corrected chi connectivity index (χ2v) is 4.89. The molecule has 0 saturated heterocycles. The van der Waals surface area contributed by atoms with Gasteiger partial charge in [0, 0.05) is 0 Å². The SMILES string of the molecule is C=C(O)Nc1ccc2c(c1)N[C](=[W])CO2. The van der Waals surface area contributed by atoms with E-state index in [0.717, 1.165) is 21.1 Å². The predicted octanol–water partition coefficient (Wildman–Crippen LogP) is 1.61. The van der Waals surface area contributed by atoms with Crippen molar-refractivity contribution in [2.24, 2.45) is 0 Å². The molecule has 1 aliphatic heterocycles. The summed E-state index contributed by atoms with van der Waals surface area (Å²) in [4.78, 5) is 0. The summed E-state index contributed by atoms with van der Waals surface area (Å²) in [5, 5.41) is 15.0. The Morgan fingerprint density at radius 2 is 2.40 bits per heavy atom. The Morgan fingerprint density at radius 3 is 3.13 bits per heavy atom. The average Bonchev–Trinajstić information content (AvgIpc) is 2.16. The van der Waals surface area contributed by atoms with Gasteiger partial charge in [-0.25, -0.2) is 0 Å². The Morgan fingerprint density at radius 1 is 1.60 bits per heavy atom. The molecule has 1 aliphatic rings. The van der Waals surface area contributed by atoms with E-state index in [4.69, 9.17) is 9.84 Å². The van der Waals surface area contributed by atoms with Crippen molar-refractivity contribution in [3.05, 3.63) is 30.7 Å². The molecule has 15 heavy (non-hydrogen) atoms. The van der Waals surface area contributed by atoms with Crippen LogP contribution >= 0.6 is 0 Å². The molecular weight excluding hydrogens is 364 g/mol. The van der Waals surface area contributed by atoms with Crippen molar-refractivity contribution in [2.45, 2.75) is 0 Å². The quantitative estimate of drug-likeness (QED) is 0.689. The Bertz CT molecular complexity index is 431. The third-order valence-corrected chi connectivity index (χ3v) is 2.69. The Labute approximate surface area is 98.4 Å². The fourth-order valence-corrected chi connectivity index (χ4v) is 1.93. The number of aliphatic hydroxyl groups excluding tert-OH is 1. The second kappa shape index (κ2) is 4.07. The zero-order chi connectivity index (χ0) is 10.8. The van der Waals surface area contributed by atoms with Gasteiger partial charge in [0.2, 0.25) is 0 Å². The standard InChI is InChI=1S/C10H10N2O2.W/c1-7(13)12-8-2-3-10-9(6-8)11-4-5-14-10;/h2-3,6,11-13H,1,5H2;. The van der Waals surface area contributed by atoms with Gasteiger partial charge in [-0.05, 0) is 0 Å². The van der Waals surface area contributed by atoms with E-state index < -0.39 is 0 Å². The van der Waals surface area contributed by atoms with E-state index in [2.05, 4.69) is 17.2 Å². The van der Waals surface area contributed by atoms with Crippen LogP contribution in [0.2, 0.25) is 0 Å². The molecule has 0 bridgehead atoms. The molecule has 5 heteroatoms. The number of hydrogen-bond acceptors (Lipinski definition) is 4. The molecule has 3 N–H and O–H groups in total. The van der Waals surface area contributed by atoms with Crippen LogP contribution in [0.1, 0.15) is 0 Å². The van der Waals surface area contributed by atoms with Crippen molar-refractivity contribution in [2.75, 3.05) is 17.2 Å². The molecule has 0 saturated carbocycles. The van der Waals surface area contributed by atoms with Gasteiger partial charge in [0.05, 0.1) is 0 Å². The van der Waals surface area contributed by atoms with Crippen molar-refractivity contribution in [1.29, 1.82) is 0 Å². The van der Waals surface area contributed by atoms with Crippen LogP contribution in [-0.4, -0.2) is 15.7 Å². The van der Waals surface area contributed by atoms with Gasteiger partial charge < -0.3 is 0 Å². The third kappa shape index (κ3) is 2.39. The molecule has 0 spiro atoms. The van der Waals surface area contributed by atoms with Crippen LogP contribution in [0.15, 0.2) is 30.7 Å². The Kier molecular flexibility index (Phi) is 2.78. The van der Waals surface area contributed by atoms with E-state index in [1.54, 1.807) is 0 Å². The van der Waals surface area contributed by atoms with Crippen molar-refractivity contribution in [1.82, 2.24) is 0 Å². The summed E-state index contributed by atoms with van der Waals surface area (Å²) in [5.41, 5.74) is 1.69. The molecule has 0 aliphatic carbocycles. The molecule has 0 amide bonds. The van der Waals surface area contributed by atoms with Crippen LogP contribution in [0.3, 0.4) is 0 Å². The zero-order valence-electron chi connectivity index (χ0n) is 7.91. The molecule has 1 heterocycles. The van der Waals surface area contributed by atoms with Crippen molar-refractivity contribution < 1.29 is 29.2 Å². The van der Waals surface area contributed by atoms with Gasteiger partial charge in [-0.3, -0.25) is 0 Å². The van der Waals surface area contributed by atoms with Crippen molar-refractivity contribution in [3.63, 3.8) is 0 Å². The molecule has 0 unspecified atom stereocenters. The third-order valence-electron chi connectivity index (χ3n) is 1.90. The number of benzene rings is 1. The minimum absolute atomic E-state index is 0.0713. The first-order chi connectivity index (χ1) is 7.15. The van der Waals surface area contributed by atoms with Crippen molar-refractivity contribution >= 4 is 15.4 Å². The van der Waals surface area contributed by atoms with Crippen LogP contribution in [0.4, 0.5) is 11.4 Å². The fraction of sp³-hybridized carbons (Fsp3) is 0.100. The molecule has 1 aromatic carbocycles. The first-order valence-corrected chi connectivity index (χ1v) is 5.83.